The fourth-order valence-corrected chi connectivity index (χ4v) is 3.96. The molecule has 2 aromatic rings. The Labute approximate surface area is 162 Å². The minimum atomic E-state index is -0.108. The second-order valence-corrected chi connectivity index (χ2v) is 8.63. The van der Waals surface area contributed by atoms with Crippen LogP contribution >= 0.6 is 23.4 Å². The summed E-state index contributed by atoms with van der Waals surface area (Å²) in [5.74, 6) is 1.17. The lowest BCUT2D eigenvalue weighted by molar-refractivity contribution is -0.118. The SMILES string of the molecule is CC(C)Cn1c(SCC(=O)NCC2CCC2)nc2ccc(Cl)cc2c1=O. The number of nitrogens with one attached hydrogen (secondary N) is 1. The quantitative estimate of drug-likeness (QED) is 0.575. The predicted octanol–water partition coefficient (Wildman–Crippen LogP) is 3.71. The summed E-state index contributed by atoms with van der Waals surface area (Å²) in [6.45, 7) is 5.41. The maximum absolute atomic E-state index is 12.9. The first kappa shape index (κ1) is 19.2. The fraction of sp³-hybridized carbons (Fsp3) is 0.526. The van der Waals surface area contributed by atoms with Crippen LogP contribution in [0.25, 0.3) is 10.9 Å². The highest BCUT2D eigenvalue weighted by Gasteiger charge is 2.19. The van der Waals surface area contributed by atoms with E-state index >= 15 is 0 Å². The third-order valence-corrected chi connectivity index (χ3v) is 5.79. The predicted molar refractivity (Wildman–Crippen MR) is 107 cm³/mol. The monoisotopic (exact) mass is 393 g/mol. The molecule has 1 saturated carbocycles. The molecular weight excluding hydrogens is 370 g/mol. The number of nitrogens with zero attached hydrogens (tertiary/aromatic N) is 2. The number of amides is 1. The summed E-state index contributed by atoms with van der Waals surface area (Å²) in [5, 5.41) is 4.59. The maximum Gasteiger partial charge on any atom is 0.262 e. The Morgan fingerprint density at radius 2 is 2.19 bits per heavy atom. The molecule has 7 heteroatoms. The van der Waals surface area contributed by atoms with Gasteiger partial charge in [-0.05, 0) is 42.9 Å². The topological polar surface area (TPSA) is 64.0 Å². The van der Waals surface area contributed by atoms with Crippen molar-refractivity contribution in [3.63, 3.8) is 0 Å². The van der Waals surface area contributed by atoms with Gasteiger partial charge in [-0.2, -0.15) is 0 Å². The van der Waals surface area contributed by atoms with Gasteiger partial charge in [-0.3, -0.25) is 14.2 Å². The molecule has 0 bridgehead atoms. The van der Waals surface area contributed by atoms with E-state index in [4.69, 9.17) is 11.6 Å². The third-order valence-electron chi connectivity index (χ3n) is 4.57. The normalized spacial score (nSPS) is 14.6. The summed E-state index contributed by atoms with van der Waals surface area (Å²) < 4.78 is 1.66. The molecule has 1 fully saturated rings. The number of aromatic nitrogens is 2. The second-order valence-electron chi connectivity index (χ2n) is 7.26. The van der Waals surface area contributed by atoms with Crippen LogP contribution in [0.4, 0.5) is 0 Å². The van der Waals surface area contributed by atoms with E-state index in [2.05, 4.69) is 10.3 Å². The Hall–Kier alpha value is -1.53. The molecule has 1 aromatic carbocycles. The fourth-order valence-electron chi connectivity index (χ4n) is 2.95. The number of rotatable bonds is 7. The lowest BCUT2D eigenvalue weighted by Gasteiger charge is -2.25. The van der Waals surface area contributed by atoms with Gasteiger partial charge in [0.25, 0.3) is 5.56 Å². The van der Waals surface area contributed by atoms with E-state index in [1.165, 1.54) is 31.0 Å². The molecule has 5 nitrogen and oxygen atoms in total. The zero-order valence-corrected chi connectivity index (χ0v) is 16.7. The van der Waals surface area contributed by atoms with E-state index in [0.29, 0.717) is 33.5 Å². The highest BCUT2D eigenvalue weighted by atomic mass is 35.5. The van der Waals surface area contributed by atoms with E-state index in [1.54, 1.807) is 22.8 Å². The molecular formula is C19H24ClN3O2S. The van der Waals surface area contributed by atoms with Crippen LogP contribution in [0.15, 0.2) is 28.2 Å². The summed E-state index contributed by atoms with van der Waals surface area (Å²) in [5.41, 5.74) is 0.500. The Kier molecular flexibility index (Phi) is 6.24. The Bertz CT molecular complexity index is 862. The number of carbonyl (C=O) groups excluding carboxylic acids is 1. The minimum absolute atomic E-state index is 0.0107. The van der Waals surface area contributed by atoms with Crippen LogP contribution in [0.5, 0.6) is 0 Å². The zero-order valence-electron chi connectivity index (χ0n) is 15.1. The average Bonchev–Trinajstić information content (AvgIpc) is 2.55. The molecule has 140 valence electrons. The molecule has 0 saturated heterocycles. The van der Waals surface area contributed by atoms with Gasteiger partial charge in [0.15, 0.2) is 5.16 Å². The molecule has 1 heterocycles. The lowest BCUT2D eigenvalue weighted by Crippen LogP contribution is -2.33. The van der Waals surface area contributed by atoms with Gasteiger partial charge in [0.1, 0.15) is 0 Å². The zero-order chi connectivity index (χ0) is 18.7. The molecule has 1 aliphatic rings. The van der Waals surface area contributed by atoms with Crippen LogP contribution < -0.4 is 10.9 Å². The van der Waals surface area contributed by atoms with Gasteiger partial charge in [-0.15, -0.1) is 0 Å². The van der Waals surface area contributed by atoms with Crippen LogP contribution in [0.2, 0.25) is 5.02 Å². The number of thioether (sulfide) groups is 1. The van der Waals surface area contributed by atoms with Gasteiger partial charge < -0.3 is 5.32 Å². The third kappa shape index (κ3) is 4.60. The average molecular weight is 394 g/mol. The van der Waals surface area contributed by atoms with E-state index in [-0.39, 0.29) is 23.1 Å². The number of halogens is 1. The Morgan fingerprint density at radius 3 is 2.85 bits per heavy atom. The molecule has 0 atom stereocenters. The van der Waals surface area contributed by atoms with Crippen LogP contribution in [-0.4, -0.2) is 27.8 Å². The Balaban J connectivity index is 1.79. The van der Waals surface area contributed by atoms with Crippen molar-refractivity contribution in [3.05, 3.63) is 33.6 Å². The molecule has 0 radical (unpaired) electrons. The highest BCUT2D eigenvalue weighted by Crippen LogP contribution is 2.25. The lowest BCUT2D eigenvalue weighted by atomic mass is 9.85. The summed E-state index contributed by atoms with van der Waals surface area (Å²) in [4.78, 5) is 29.6. The molecule has 1 N–H and O–H groups in total. The van der Waals surface area contributed by atoms with Crippen LogP contribution in [-0.2, 0) is 11.3 Å². The van der Waals surface area contributed by atoms with Crippen LogP contribution in [0, 0.1) is 11.8 Å². The van der Waals surface area contributed by atoms with Crippen LogP contribution in [0.3, 0.4) is 0 Å². The van der Waals surface area contributed by atoms with Crippen molar-refractivity contribution in [2.75, 3.05) is 12.3 Å². The van der Waals surface area contributed by atoms with Gasteiger partial charge in [0.2, 0.25) is 5.91 Å². The van der Waals surface area contributed by atoms with Crippen molar-refractivity contribution in [1.29, 1.82) is 0 Å². The van der Waals surface area contributed by atoms with Crippen LogP contribution in [0.1, 0.15) is 33.1 Å². The first-order chi connectivity index (χ1) is 12.4. The summed E-state index contributed by atoms with van der Waals surface area (Å²) >= 11 is 7.35. The molecule has 0 unspecified atom stereocenters. The van der Waals surface area contributed by atoms with E-state index in [0.717, 1.165) is 6.54 Å². The standard InChI is InChI=1S/C19H24ClN3O2S/c1-12(2)10-23-18(25)15-8-14(20)6-7-16(15)22-19(23)26-11-17(24)21-9-13-4-3-5-13/h6-8,12-13H,3-5,9-11H2,1-2H3,(H,21,24). The van der Waals surface area contributed by atoms with Gasteiger partial charge >= 0.3 is 0 Å². The van der Waals surface area contributed by atoms with Gasteiger partial charge in [0.05, 0.1) is 16.7 Å². The van der Waals surface area contributed by atoms with Crippen molar-refractivity contribution in [2.24, 2.45) is 11.8 Å². The summed E-state index contributed by atoms with van der Waals surface area (Å²) in [7, 11) is 0. The number of carbonyl (C=O) groups is 1. The van der Waals surface area contributed by atoms with Gasteiger partial charge in [0, 0.05) is 18.1 Å². The number of fused-ring (bicyclic) bond motifs is 1. The second kappa shape index (κ2) is 8.44. The summed E-state index contributed by atoms with van der Waals surface area (Å²) in [6, 6.07) is 5.13. The molecule has 3 rings (SSSR count). The van der Waals surface area contributed by atoms with E-state index < -0.39 is 0 Å². The smallest absolute Gasteiger partial charge is 0.262 e. The van der Waals surface area contributed by atoms with E-state index in [1.807, 2.05) is 13.8 Å². The van der Waals surface area contributed by atoms with Crippen molar-refractivity contribution >= 4 is 40.2 Å². The number of hydrogen-bond acceptors (Lipinski definition) is 4. The Morgan fingerprint density at radius 1 is 1.42 bits per heavy atom. The molecule has 0 spiro atoms. The number of benzene rings is 1. The molecule has 1 amide bonds. The maximum atomic E-state index is 12.9. The largest absolute Gasteiger partial charge is 0.355 e. The highest BCUT2D eigenvalue weighted by molar-refractivity contribution is 7.99. The first-order valence-electron chi connectivity index (χ1n) is 9.03. The van der Waals surface area contributed by atoms with Crippen molar-refractivity contribution in [1.82, 2.24) is 14.9 Å². The molecule has 26 heavy (non-hydrogen) atoms. The van der Waals surface area contributed by atoms with Gasteiger partial charge in [-0.1, -0.05) is 43.6 Å². The summed E-state index contributed by atoms with van der Waals surface area (Å²) in [6.07, 6.45) is 3.67. The number of hydrogen-bond donors (Lipinski definition) is 1. The first-order valence-corrected chi connectivity index (χ1v) is 10.4. The van der Waals surface area contributed by atoms with Crippen molar-refractivity contribution in [2.45, 2.75) is 44.8 Å². The molecule has 0 aliphatic heterocycles. The van der Waals surface area contributed by atoms with Crippen molar-refractivity contribution in [3.8, 4) is 0 Å². The van der Waals surface area contributed by atoms with Crippen molar-refractivity contribution < 1.29 is 4.79 Å². The minimum Gasteiger partial charge on any atom is -0.355 e. The van der Waals surface area contributed by atoms with E-state index in [9.17, 15) is 9.59 Å². The molecule has 1 aliphatic carbocycles. The van der Waals surface area contributed by atoms with Gasteiger partial charge in [-0.25, -0.2) is 4.98 Å². The molecule has 1 aromatic heterocycles.